The molecule has 0 spiro atoms. The first kappa shape index (κ1) is 11.3. The molecular formula is C12H13N3O2S. The quantitative estimate of drug-likeness (QED) is 0.833. The number of nitrogens with zero attached hydrogens (tertiary/aromatic N) is 3. The fourth-order valence-corrected chi connectivity index (χ4v) is 2.41. The Balaban J connectivity index is 1.45. The van der Waals surface area contributed by atoms with Gasteiger partial charge in [0.1, 0.15) is 12.6 Å². The number of hydrogen-bond acceptors (Lipinski definition) is 4. The monoisotopic (exact) mass is 263 g/mol. The van der Waals surface area contributed by atoms with Crippen LogP contribution in [0.25, 0.3) is 0 Å². The smallest absolute Gasteiger partial charge is 0.273 e. The van der Waals surface area contributed by atoms with Crippen LogP contribution in [0.5, 0.6) is 5.19 Å². The molecule has 2 aromatic heterocycles. The molecule has 0 radical (unpaired) electrons. The molecule has 6 heteroatoms. The van der Waals surface area contributed by atoms with E-state index in [4.69, 9.17) is 4.74 Å². The molecule has 0 unspecified atom stereocenters. The van der Waals surface area contributed by atoms with Gasteiger partial charge >= 0.3 is 0 Å². The van der Waals surface area contributed by atoms with Gasteiger partial charge in [-0.3, -0.25) is 4.79 Å². The molecule has 1 aliphatic rings. The molecule has 2 aromatic rings. The summed E-state index contributed by atoms with van der Waals surface area (Å²) in [6.45, 7) is 1.70. The van der Waals surface area contributed by atoms with Crippen molar-refractivity contribution >= 4 is 17.2 Å². The van der Waals surface area contributed by atoms with E-state index in [1.807, 2.05) is 34.5 Å². The Morgan fingerprint density at radius 3 is 2.89 bits per heavy atom. The van der Waals surface area contributed by atoms with Gasteiger partial charge < -0.3 is 14.2 Å². The second-order valence-electron chi connectivity index (χ2n) is 4.19. The van der Waals surface area contributed by atoms with E-state index >= 15 is 0 Å². The van der Waals surface area contributed by atoms with Crippen molar-refractivity contribution in [2.75, 3.05) is 13.1 Å². The third-order valence-electron chi connectivity index (χ3n) is 2.86. The predicted octanol–water partition coefficient (Wildman–Crippen LogP) is 1.23. The van der Waals surface area contributed by atoms with Crippen molar-refractivity contribution in [1.29, 1.82) is 0 Å². The third kappa shape index (κ3) is 2.38. The molecule has 0 saturated carbocycles. The van der Waals surface area contributed by atoms with Crippen LogP contribution in [0, 0.1) is 0 Å². The molecule has 3 rings (SSSR count). The lowest BCUT2D eigenvalue weighted by atomic mass is 10.1. The molecule has 1 amide bonds. The minimum Gasteiger partial charge on any atom is -0.463 e. The molecule has 0 atom stereocenters. The predicted molar refractivity (Wildman–Crippen MR) is 67.5 cm³/mol. The molecule has 94 valence electrons. The topological polar surface area (TPSA) is 47.4 Å². The summed E-state index contributed by atoms with van der Waals surface area (Å²) >= 11 is 1.47. The largest absolute Gasteiger partial charge is 0.463 e. The summed E-state index contributed by atoms with van der Waals surface area (Å²) in [6, 6.07) is 3.83. The highest BCUT2D eigenvalue weighted by atomic mass is 32.1. The number of likely N-dealkylation sites (tertiary alicyclic amines) is 1. The van der Waals surface area contributed by atoms with Crippen molar-refractivity contribution in [2.45, 2.75) is 12.6 Å². The maximum absolute atomic E-state index is 11.9. The zero-order valence-corrected chi connectivity index (χ0v) is 10.5. The molecule has 0 aromatic carbocycles. The number of aromatic nitrogens is 2. The van der Waals surface area contributed by atoms with Crippen molar-refractivity contribution in [3.8, 4) is 5.19 Å². The molecule has 18 heavy (non-hydrogen) atoms. The van der Waals surface area contributed by atoms with Gasteiger partial charge in [-0.1, -0.05) is 11.3 Å². The Morgan fingerprint density at radius 1 is 1.44 bits per heavy atom. The van der Waals surface area contributed by atoms with Gasteiger partial charge in [0.15, 0.2) is 0 Å². The average Bonchev–Trinajstić information content (AvgIpc) is 2.94. The lowest BCUT2D eigenvalue weighted by Gasteiger charge is -2.38. The minimum atomic E-state index is 0.0877. The summed E-state index contributed by atoms with van der Waals surface area (Å²) in [6.07, 6.45) is 5.58. The van der Waals surface area contributed by atoms with Crippen LogP contribution in [0.3, 0.4) is 0 Å². The molecule has 5 nitrogen and oxygen atoms in total. The number of rotatable bonds is 4. The molecular weight excluding hydrogens is 250 g/mol. The van der Waals surface area contributed by atoms with E-state index < -0.39 is 0 Å². The van der Waals surface area contributed by atoms with Gasteiger partial charge in [-0.2, -0.15) is 0 Å². The molecule has 0 N–H and O–H groups in total. The van der Waals surface area contributed by atoms with E-state index in [2.05, 4.69) is 4.98 Å². The van der Waals surface area contributed by atoms with E-state index in [0.29, 0.717) is 24.8 Å². The fourth-order valence-electron chi connectivity index (χ4n) is 1.86. The van der Waals surface area contributed by atoms with E-state index in [0.717, 1.165) is 0 Å². The number of ether oxygens (including phenoxy) is 1. The summed E-state index contributed by atoms with van der Waals surface area (Å²) in [5.74, 6) is 0.130. The van der Waals surface area contributed by atoms with Crippen LogP contribution in [0.2, 0.25) is 0 Å². The van der Waals surface area contributed by atoms with Crippen LogP contribution in [0.15, 0.2) is 36.1 Å². The average molecular weight is 263 g/mol. The normalized spacial score (nSPS) is 15.4. The van der Waals surface area contributed by atoms with Crippen LogP contribution in [0.4, 0.5) is 0 Å². The van der Waals surface area contributed by atoms with E-state index in [9.17, 15) is 4.79 Å². The minimum absolute atomic E-state index is 0.0877. The van der Waals surface area contributed by atoms with Crippen LogP contribution in [-0.2, 0) is 11.3 Å². The van der Waals surface area contributed by atoms with Gasteiger partial charge in [-0.25, -0.2) is 4.98 Å². The van der Waals surface area contributed by atoms with Gasteiger partial charge in [0.05, 0.1) is 13.1 Å². The maximum atomic E-state index is 11.9. The Labute approximate surface area is 109 Å². The second kappa shape index (κ2) is 4.81. The summed E-state index contributed by atoms with van der Waals surface area (Å²) in [5.41, 5.74) is 0. The van der Waals surface area contributed by atoms with Crippen molar-refractivity contribution in [3.05, 3.63) is 36.1 Å². The van der Waals surface area contributed by atoms with Crippen molar-refractivity contribution in [1.82, 2.24) is 14.5 Å². The molecule has 1 fully saturated rings. The van der Waals surface area contributed by atoms with Gasteiger partial charge in [0, 0.05) is 24.0 Å². The first-order valence-corrected chi connectivity index (χ1v) is 6.64. The number of carbonyl (C=O) groups excluding carboxylic acids is 1. The summed E-state index contributed by atoms with van der Waals surface area (Å²) < 4.78 is 7.48. The second-order valence-corrected chi connectivity index (χ2v) is 5.05. The first-order valence-electron chi connectivity index (χ1n) is 5.76. The van der Waals surface area contributed by atoms with Gasteiger partial charge in [-0.05, 0) is 12.1 Å². The van der Waals surface area contributed by atoms with E-state index in [-0.39, 0.29) is 12.0 Å². The standard InChI is InChI=1S/C12H13N3O2S/c16-11(9-14-4-1-2-5-14)15-7-10(8-15)17-12-13-3-6-18-12/h1-6,10H,7-9H2. The van der Waals surface area contributed by atoms with Crippen molar-refractivity contribution < 1.29 is 9.53 Å². The highest BCUT2D eigenvalue weighted by molar-refractivity contribution is 7.11. The zero-order valence-electron chi connectivity index (χ0n) is 9.73. The van der Waals surface area contributed by atoms with E-state index in [1.165, 1.54) is 11.3 Å². The summed E-state index contributed by atoms with van der Waals surface area (Å²) in [4.78, 5) is 17.7. The Kier molecular flexibility index (Phi) is 3.02. The maximum Gasteiger partial charge on any atom is 0.273 e. The number of carbonyl (C=O) groups is 1. The van der Waals surface area contributed by atoms with Crippen LogP contribution in [-0.4, -0.2) is 39.6 Å². The van der Waals surface area contributed by atoms with Gasteiger partial charge in [0.2, 0.25) is 5.91 Å². The molecule has 0 bridgehead atoms. The number of hydrogen-bond donors (Lipinski definition) is 0. The lowest BCUT2D eigenvalue weighted by molar-refractivity contribution is -0.140. The van der Waals surface area contributed by atoms with Gasteiger partial charge in [-0.15, -0.1) is 0 Å². The zero-order chi connectivity index (χ0) is 12.4. The van der Waals surface area contributed by atoms with Crippen molar-refractivity contribution in [2.24, 2.45) is 0 Å². The van der Waals surface area contributed by atoms with E-state index in [1.54, 1.807) is 11.1 Å². The molecule has 1 saturated heterocycles. The highest BCUT2D eigenvalue weighted by Crippen LogP contribution is 2.20. The Bertz CT molecular complexity index is 503. The summed E-state index contributed by atoms with van der Waals surface area (Å²) in [7, 11) is 0. The van der Waals surface area contributed by atoms with Gasteiger partial charge in [0.25, 0.3) is 5.19 Å². The van der Waals surface area contributed by atoms with Crippen LogP contribution >= 0.6 is 11.3 Å². The Morgan fingerprint density at radius 2 is 2.22 bits per heavy atom. The SMILES string of the molecule is O=C(Cn1cccc1)N1CC(Oc2nccs2)C1. The number of thiazole rings is 1. The third-order valence-corrected chi connectivity index (χ3v) is 3.52. The highest BCUT2D eigenvalue weighted by Gasteiger charge is 2.32. The molecule has 1 aliphatic heterocycles. The van der Waals surface area contributed by atoms with Crippen molar-refractivity contribution in [3.63, 3.8) is 0 Å². The number of amides is 1. The summed E-state index contributed by atoms with van der Waals surface area (Å²) in [5, 5.41) is 2.56. The van der Waals surface area contributed by atoms with Crippen LogP contribution < -0.4 is 4.74 Å². The molecule has 0 aliphatic carbocycles. The first-order chi connectivity index (χ1) is 8.81. The fraction of sp³-hybridized carbons (Fsp3) is 0.333. The lowest BCUT2D eigenvalue weighted by Crippen LogP contribution is -2.56. The Hall–Kier alpha value is -1.82. The molecule has 3 heterocycles. The van der Waals surface area contributed by atoms with Crippen LogP contribution in [0.1, 0.15) is 0 Å².